The predicted molar refractivity (Wildman–Crippen MR) is 149 cm³/mol. The average Bonchev–Trinajstić information content (AvgIpc) is 2.92. The van der Waals surface area contributed by atoms with Crippen LogP contribution in [-0.4, -0.2) is 40.1 Å². The lowest BCUT2D eigenvalue weighted by atomic mass is 9.93. The van der Waals surface area contributed by atoms with Gasteiger partial charge in [0.1, 0.15) is 17.3 Å². The number of nitriles is 1. The first-order valence-electron chi connectivity index (χ1n) is 12.3. The third-order valence-corrected chi connectivity index (χ3v) is 7.73. The van der Waals surface area contributed by atoms with Crippen molar-refractivity contribution in [2.45, 2.75) is 25.4 Å². The van der Waals surface area contributed by atoms with Crippen molar-refractivity contribution in [2.24, 2.45) is 7.05 Å². The fourth-order valence-corrected chi connectivity index (χ4v) is 5.52. The van der Waals surface area contributed by atoms with Crippen molar-refractivity contribution in [3.05, 3.63) is 104 Å². The van der Waals surface area contributed by atoms with Crippen molar-refractivity contribution in [1.29, 1.82) is 5.26 Å². The highest BCUT2D eigenvalue weighted by molar-refractivity contribution is 6.30. The van der Waals surface area contributed by atoms with Crippen LogP contribution in [0.5, 0.6) is 0 Å². The molecule has 0 amide bonds. The van der Waals surface area contributed by atoms with Gasteiger partial charge in [0.05, 0.1) is 17.2 Å². The van der Waals surface area contributed by atoms with Crippen LogP contribution in [0.25, 0.3) is 11.0 Å². The molecule has 188 valence electrons. The molecule has 1 aliphatic rings. The molecule has 1 atom stereocenters. The molecule has 4 aromatic rings. The summed E-state index contributed by atoms with van der Waals surface area (Å²) in [6.45, 7) is 4.42. The number of pyridine rings is 2. The van der Waals surface area contributed by atoms with Crippen molar-refractivity contribution in [2.75, 3.05) is 24.5 Å². The smallest absolute Gasteiger partial charge is 0.252 e. The van der Waals surface area contributed by atoms with E-state index in [1.54, 1.807) is 29.8 Å². The molecule has 0 bridgehead atoms. The molecule has 0 aliphatic carbocycles. The Kier molecular flexibility index (Phi) is 7.21. The van der Waals surface area contributed by atoms with E-state index in [1.807, 2.05) is 24.3 Å². The monoisotopic (exact) mass is 531 g/mol. The Balaban J connectivity index is 1.54. The maximum Gasteiger partial charge on any atom is 0.252 e. The maximum atomic E-state index is 12.8. The summed E-state index contributed by atoms with van der Waals surface area (Å²) < 4.78 is 1.58. The van der Waals surface area contributed by atoms with Crippen LogP contribution in [0.1, 0.15) is 36.2 Å². The summed E-state index contributed by atoms with van der Waals surface area (Å²) in [6, 6.07) is 23.5. The second-order valence-electron chi connectivity index (χ2n) is 9.35. The Labute approximate surface area is 226 Å². The molecule has 6 nitrogen and oxygen atoms in total. The maximum absolute atomic E-state index is 12.8. The molecule has 2 aromatic heterocycles. The molecule has 0 spiro atoms. The Morgan fingerprint density at radius 1 is 1.00 bits per heavy atom. The number of halogens is 2. The first-order chi connectivity index (χ1) is 17.9. The fraction of sp³-hybridized carbons (Fsp3) is 0.276. The van der Waals surface area contributed by atoms with E-state index in [1.165, 1.54) is 0 Å². The van der Waals surface area contributed by atoms with E-state index in [9.17, 15) is 10.1 Å². The Morgan fingerprint density at radius 2 is 1.62 bits per heavy atom. The van der Waals surface area contributed by atoms with Crippen molar-refractivity contribution in [3.8, 4) is 6.07 Å². The van der Waals surface area contributed by atoms with E-state index in [2.05, 4.69) is 52.0 Å². The third-order valence-electron chi connectivity index (χ3n) is 7.23. The highest BCUT2D eigenvalue weighted by Gasteiger charge is 2.34. The Hall–Kier alpha value is -3.37. The highest BCUT2D eigenvalue weighted by atomic mass is 35.5. The third kappa shape index (κ3) is 4.95. The lowest BCUT2D eigenvalue weighted by molar-refractivity contribution is 0.135. The molecular formula is C29H27Cl2N5O. The van der Waals surface area contributed by atoms with Crippen LogP contribution in [0.2, 0.25) is 10.0 Å². The number of fused-ring (bicyclic) bond motifs is 1. The summed E-state index contributed by atoms with van der Waals surface area (Å²) in [5.74, 6) is 0. The van der Waals surface area contributed by atoms with E-state index in [0.29, 0.717) is 21.3 Å². The van der Waals surface area contributed by atoms with Crippen molar-refractivity contribution in [1.82, 2.24) is 14.5 Å². The van der Waals surface area contributed by atoms with Crippen LogP contribution in [0.3, 0.4) is 0 Å². The predicted octanol–water partition coefficient (Wildman–Crippen LogP) is 5.80. The molecule has 37 heavy (non-hydrogen) atoms. The number of hydrogen-bond acceptors (Lipinski definition) is 5. The van der Waals surface area contributed by atoms with E-state index < -0.39 is 0 Å². The van der Waals surface area contributed by atoms with Gasteiger partial charge in [-0.1, -0.05) is 54.4 Å². The zero-order valence-electron chi connectivity index (χ0n) is 20.7. The van der Waals surface area contributed by atoms with Gasteiger partial charge in [-0.25, -0.2) is 4.98 Å². The van der Waals surface area contributed by atoms with Gasteiger partial charge < -0.3 is 9.47 Å². The van der Waals surface area contributed by atoms with Gasteiger partial charge in [-0.05, 0) is 53.9 Å². The molecule has 0 saturated carbocycles. The minimum atomic E-state index is -0.0929. The molecule has 0 radical (unpaired) electrons. The van der Waals surface area contributed by atoms with Crippen LogP contribution in [0.15, 0.2) is 71.5 Å². The van der Waals surface area contributed by atoms with Crippen LogP contribution in [0.4, 0.5) is 5.69 Å². The molecule has 3 heterocycles. The summed E-state index contributed by atoms with van der Waals surface area (Å²) in [5, 5.41) is 10.8. The number of benzene rings is 2. The summed E-state index contributed by atoms with van der Waals surface area (Å²) in [5.41, 5.74) is 4.75. The highest BCUT2D eigenvalue weighted by Crippen LogP contribution is 2.35. The average molecular weight is 532 g/mol. The Bertz CT molecular complexity index is 1480. The number of hydrogen-bond donors (Lipinski definition) is 0. The minimum Gasteiger partial charge on any atom is -0.367 e. The second kappa shape index (κ2) is 10.5. The largest absolute Gasteiger partial charge is 0.367 e. The number of rotatable bonds is 5. The minimum absolute atomic E-state index is 0.0327. The molecular weight excluding hydrogens is 505 g/mol. The normalized spacial score (nSPS) is 16.3. The number of piperazine rings is 1. The molecule has 1 aliphatic heterocycles. The van der Waals surface area contributed by atoms with Crippen LogP contribution >= 0.6 is 23.2 Å². The van der Waals surface area contributed by atoms with Crippen LogP contribution < -0.4 is 10.5 Å². The quantitative estimate of drug-likeness (QED) is 0.325. The van der Waals surface area contributed by atoms with E-state index >= 15 is 0 Å². The number of nitrogens with zero attached hydrogens (tertiary/aromatic N) is 5. The van der Waals surface area contributed by atoms with Crippen molar-refractivity contribution in [3.63, 3.8) is 0 Å². The van der Waals surface area contributed by atoms with Gasteiger partial charge in [-0.3, -0.25) is 9.69 Å². The lowest BCUT2D eigenvalue weighted by Crippen LogP contribution is -2.54. The molecule has 1 fully saturated rings. The number of aryl methyl sites for hydroxylation is 1. The van der Waals surface area contributed by atoms with Crippen molar-refractivity contribution >= 4 is 39.9 Å². The summed E-state index contributed by atoms with van der Waals surface area (Å²) in [7, 11) is 1.73. The molecule has 8 heteroatoms. The lowest BCUT2D eigenvalue weighted by Gasteiger charge is -2.46. The topological polar surface area (TPSA) is 65.2 Å². The zero-order valence-corrected chi connectivity index (χ0v) is 22.2. The van der Waals surface area contributed by atoms with Crippen LogP contribution in [0, 0.1) is 11.3 Å². The van der Waals surface area contributed by atoms with Gasteiger partial charge in [0.25, 0.3) is 5.56 Å². The standard InChI is InChI=1S/C29H27Cl2N5O/c1-3-24-18-35(26-16-27(37)34(2)25-13-12-23(17-32)33-28(25)26)14-15-36(24)29(19-4-8-21(30)9-5-19)20-6-10-22(31)11-7-20/h4-13,16,24,29H,3,14-15,18H2,1-2H3/t24-/m1/s1. The van der Waals surface area contributed by atoms with Gasteiger partial charge in [0, 0.05) is 48.8 Å². The van der Waals surface area contributed by atoms with Crippen molar-refractivity contribution < 1.29 is 0 Å². The van der Waals surface area contributed by atoms with Gasteiger partial charge in [-0.15, -0.1) is 0 Å². The molecule has 5 rings (SSSR count). The SMILES string of the molecule is CC[C@@H]1CN(c2cc(=O)n(C)c3ccc(C#N)nc23)CCN1C(c1ccc(Cl)cc1)c1ccc(Cl)cc1. The van der Waals surface area contributed by atoms with Crippen LogP contribution in [-0.2, 0) is 7.05 Å². The molecule has 0 N–H and O–H groups in total. The Morgan fingerprint density at radius 3 is 2.19 bits per heavy atom. The molecule has 0 unspecified atom stereocenters. The van der Waals surface area contributed by atoms with E-state index in [0.717, 1.165) is 48.4 Å². The number of aromatic nitrogens is 2. The number of anilines is 1. The molecule has 1 saturated heterocycles. The van der Waals surface area contributed by atoms with E-state index in [-0.39, 0.29) is 17.6 Å². The second-order valence-corrected chi connectivity index (χ2v) is 10.2. The summed E-state index contributed by atoms with van der Waals surface area (Å²) in [4.78, 5) is 22.2. The zero-order chi connectivity index (χ0) is 26.1. The fourth-order valence-electron chi connectivity index (χ4n) is 5.27. The first kappa shape index (κ1) is 25.3. The van der Waals surface area contributed by atoms with Gasteiger partial charge in [0.15, 0.2) is 0 Å². The summed E-state index contributed by atoms with van der Waals surface area (Å²) in [6.07, 6.45) is 0.924. The van der Waals surface area contributed by atoms with Gasteiger partial charge in [-0.2, -0.15) is 5.26 Å². The molecule has 2 aromatic carbocycles. The van der Waals surface area contributed by atoms with Gasteiger partial charge >= 0.3 is 0 Å². The summed E-state index contributed by atoms with van der Waals surface area (Å²) >= 11 is 12.4. The first-order valence-corrected chi connectivity index (χ1v) is 13.1. The van der Waals surface area contributed by atoms with E-state index in [4.69, 9.17) is 23.2 Å². The van der Waals surface area contributed by atoms with Gasteiger partial charge in [0.2, 0.25) is 0 Å².